The van der Waals surface area contributed by atoms with Gasteiger partial charge in [0, 0.05) is 18.1 Å². The Labute approximate surface area is 118 Å². The van der Waals surface area contributed by atoms with E-state index in [1.54, 1.807) is 0 Å². The van der Waals surface area contributed by atoms with Crippen LogP contribution >= 0.6 is 0 Å². The van der Waals surface area contributed by atoms with Crippen LogP contribution in [0.15, 0.2) is 24.3 Å². The molecule has 1 aromatic carbocycles. The molecule has 1 aliphatic rings. The zero-order valence-corrected chi connectivity index (χ0v) is 12.6. The molecule has 19 heavy (non-hydrogen) atoms. The molecule has 2 rings (SSSR count). The third-order valence-corrected chi connectivity index (χ3v) is 4.82. The standard InChI is InChI=1S/C17H28N2/c1-4-14(5-2)19(3)16-12-8-10-13-9-6-7-11-15(13)17(16)18/h6-7,9,11,14,16-17H,4-5,8,10,12,18H2,1-3H3. The van der Waals surface area contributed by atoms with Crippen molar-refractivity contribution in [3.05, 3.63) is 35.4 Å². The Balaban J connectivity index is 2.23. The maximum absolute atomic E-state index is 6.60. The number of likely N-dealkylation sites (N-methyl/N-ethyl adjacent to an activating group) is 1. The minimum Gasteiger partial charge on any atom is -0.323 e. The van der Waals surface area contributed by atoms with Gasteiger partial charge in [0.05, 0.1) is 0 Å². The first-order valence-electron chi connectivity index (χ1n) is 7.74. The van der Waals surface area contributed by atoms with Crippen LogP contribution in [0.3, 0.4) is 0 Å². The molecule has 1 aromatic rings. The van der Waals surface area contributed by atoms with Crippen molar-refractivity contribution >= 4 is 0 Å². The Morgan fingerprint density at radius 1 is 1.26 bits per heavy atom. The Bertz CT molecular complexity index is 398. The molecule has 106 valence electrons. The smallest absolute Gasteiger partial charge is 0.0455 e. The first kappa shape index (κ1) is 14.5. The predicted octanol–water partition coefficient (Wildman–Crippen LogP) is 3.51. The molecule has 2 atom stereocenters. The molecule has 0 saturated heterocycles. The average Bonchev–Trinajstić information content (AvgIpc) is 2.60. The number of benzene rings is 1. The summed E-state index contributed by atoms with van der Waals surface area (Å²) in [6, 6.07) is 10.0. The molecule has 0 amide bonds. The monoisotopic (exact) mass is 260 g/mol. The largest absolute Gasteiger partial charge is 0.323 e. The number of nitrogens with two attached hydrogens (primary N) is 1. The van der Waals surface area contributed by atoms with Gasteiger partial charge < -0.3 is 5.73 Å². The van der Waals surface area contributed by atoms with E-state index in [2.05, 4.69) is 50.1 Å². The van der Waals surface area contributed by atoms with E-state index in [9.17, 15) is 0 Å². The highest BCUT2D eigenvalue weighted by molar-refractivity contribution is 5.32. The SMILES string of the molecule is CCC(CC)N(C)C1CCCc2ccccc2C1N. The molecule has 0 heterocycles. The predicted molar refractivity (Wildman–Crippen MR) is 82.2 cm³/mol. The summed E-state index contributed by atoms with van der Waals surface area (Å²) in [6.45, 7) is 4.56. The van der Waals surface area contributed by atoms with E-state index in [0.717, 1.165) is 0 Å². The Hall–Kier alpha value is -0.860. The normalized spacial score (nSPS) is 23.5. The Morgan fingerprint density at radius 3 is 2.63 bits per heavy atom. The Morgan fingerprint density at radius 2 is 1.95 bits per heavy atom. The van der Waals surface area contributed by atoms with Crippen LogP contribution in [0.2, 0.25) is 0 Å². The van der Waals surface area contributed by atoms with Crippen molar-refractivity contribution in [2.45, 2.75) is 64.1 Å². The van der Waals surface area contributed by atoms with Crippen molar-refractivity contribution < 1.29 is 0 Å². The lowest BCUT2D eigenvalue weighted by atomic mass is 9.94. The molecule has 0 fully saturated rings. The van der Waals surface area contributed by atoms with Crippen LogP contribution in [0.1, 0.15) is 56.7 Å². The van der Waals surface area contributed by atoms with E-state index in [1.165, 1.54) is 43.2 Å². The van der Waals surface area contributed by atoms with Crippen LogP contribution in [0.4, 0.5) is 0 Å². The van der Waals surface area contributed by atoms with Crippen LogP contribution in [0, 0.1) is 0 Å². The van der Waals surface area contributed by atoms with Gasteiger partial charge in [-0.3, -0.25) is 4.90 Å². The van der Waals surface area contributed by atoms with Crippen LogP contribution in [-0.4, -0.2) is 24.0 Å². The molecule has 0 spiro atoms. The molecular formula is C17H28N2. The molecule has 0 aliphatic heterocycles. The van der Waals surface area contributed by atoms with E-state index in [1.807, 2.05) is 0 Å². The highest BCUT2D eigenvalue weighted by Gasteiger charge is 2.29. The summed E-state index contributed by atoms with van der Waals surface area (Å²) in [5, 5.41) is 0. The topological polar surface area (TPSA) is 29.3 Å². The van der Waals surface area contributed by atoms with Gasteiger partial charge in [0.2, 0.25) is 0 Å². The Kier molecular flexibility index (Phi) is 5.00. The number of aryl methyl sites for hydroxylation is 1. The summed E-state index contributed by atoms with van der Waals surface area (Å²) in [6.07, 6.45) is 6.05. The molecule has 0 aromatic heterocycles. The fourth-order valence-corrected chi connectivity index (χ4v) is 3.57. The third kappa shape index (κ3) is 3.01. The zero-order chi connectivity index (χ0) is 13.8. The van der Waals surface area contributed by atoms with Gasteiger partial charge in [-0.2, -0.15) is 0 Å². The van der Waals surface area contributed by atoms with Crippen LogP contribution in [0.25, 0.3) is 0 Å². The highest BCUT2D eigenvalue weighted by Crippen LogP contribution is 2.31. The maximum Gasteiger partial charge on any atom is 0.0455 e. The van der Waals surface area contributed by atoms with Crippen LogP contribution in [0.5, 0.6) is 0 Å². The lowest BCUT2D eigenvalue weighted by molar-refractivity contribution is 0.135. The lowest BCUT2D eigenvalue weighted by Crippen LogP contribution is -2.45. The van der Waals surface area contributed by atoms with E-state index in [4.69, 9.17) is 5.73 Å². The van der Waals surface area contributed by atoms with Gasteiger partial charge in [0.15, 0.2) is 0 Å². The number of fused-ring (bicyclic) bond motifs is 1. The summed E-state index contributed by atoms with van der Waals surface area (Å²) in [5.74, 6) is 0. The zero-order valence-electron chi connectivity index (χ0n) is 12.6. The van der Waals surface area contributed by atoms with Gasteiger partial charge in [-0.25, -0.2) is 0 Å². The molecule has 2 heteroatoms. The quantitative estimate of drug-likeness (QED) is 0.839. The van der Waals surface area contributed by atoms with Gasteiger partial charge in [0.1, 0.15) is 0 Å². The molecule has 2 nitrogen and oxygen atoms in total. The van der Waals surface area contributed by atoms with Crippen LogP contribution < -0.4 is 5.73 Å². The second-order valence-corrected chi connectivity index (χ2v) is 5.82. The van der Waals surface area contributed by atoms with Crippen molar-refractivity contribution in [1.29, 1.82) is 0 Å². The summed E-state index contributed by atoms with van der Waals surface area (Å²) in [7, 11) is 2.26. The van der Waals surface area contributed by atoms with E-state index >= 15 is 0 Å². The van der Waals surface area contributed by atoms with Gasteiger partial charge >= 0.3 is 0 Å². The molecule has 1 aliphatic carbocycles. The van der Waals surface area contributed by atoms with Crippen molar-refractivity contribution in [2.24, 2.45) is 5.73 Å². The van der Waals surface area contributed by atoms with E-state index in [-0.39, 0.29) is 6.04 Å². The van der Waals surface area contributed by atoms with Crippen molar-refractivity contribution in [3.63, 3.8) is 0 Å². The molecule has 0 radical (unpaired) electrons. The van der Waals surface area contributed by atoms with E-state index < -0.39 is 0 Å². The second-order valence-electron chi connectivity index (χ2n) is 5.82. The second kappa shape index (κ2) is 6.53. The molecule has 0 bridgehead atoms. The van der Waals surface area contributed by atoms with Crippen molar-refractivity contribution in [1.82, 2.24) is 4.90 Å². The lowest BCUT2D eigenvalue weighted by Gasteiger charge is -2.37. The third-order valence-electron chi connectivity index (χ3n) is 4.82. The number of hydrogen-bond donors (Lipinski definition) is 1. The number of nitrogens with zero attached hydrogens (tertiary/aromatic N) is 1. The first-order chi connectivity index (χ1) is 9.19. The van der Waals surface area contributed by atoms with Gasteiger partial charge in [0.25, 0.3) is 0 Å². The average molecular weight is 260 g/mol. The number of hydrogen-bond acceptors (Lipinski definition) is 2. The summed E-state index contributed by atoms with van der Waals surface area (Å²) in [5.41, 5.74) is 9.41. The van der Waals surface area contributed by atoms with Gasteiger partial charge in [-0.1, -0.05) is 38.1 Å². The summed E-state index contributed by atoms with van der Waals surface area (Å²) in [4.78, 5) is 2.53. The van der Waals surface area contributed by atoms with Crippen molar-refractivity contribution in [2.75, 3.05) is 7.05 Å². The molecule has 2 unspecified atom stereocenters. The highest BCUT2D eigenvalue weighted by atomic mass is 15.2. The van der Waals surface area contributed by atoms with Gasteiger partial charge in [-0.05, 0) is 50.3 Å². The fourth-order valence-electron chi connectivity index (χ4n) is 3.57. The minimum atomic E-state index is 0.157. The maximum atomic E-state index is 6.60. The molecular weight excluding hydrogens is 232 g/mol. The minimum absolute atomic E-state index is 0.157. The molecule has 2 N–H and O–H groups in total. The van der Waals surface area contributed by atoms with Crippen LogP contribution in [-0.2, 0) is 6.42 Å². The summed E-state index contributed by atoms with van der Waals surface area (Å²) < 4.78 is 0. The summed E-state index contributed by atoms with van der Waals surface area (Å²) >= 11 is 0. The van der Waals surface area contributed by atoms with Gasteiger partial charge in [-0.15, -0.1) is 0 Å². The van der Waals surface area contributed by atoms with Crippen molar-refractivity contribution in [3.8, 4) is 0 Å². The molecule has 0 saturated carbocycles. The first-order valence-corrected chi connectivity index (χ1v) is 7.74. The fraction of sp³-hybridized carbons (Fsp3) is 0.647. The number of rotatable bonds is 4. The van der Waals surface area contributed by atoms with E-state index in [0.29, 0.717) is 12.1 Å².